The van der Waals surface area contributed by atoms with Crippen LogP contribution in [-0.2, 0) is 4.79 Å². The quantitative estimate of drug-likeness (QED) is 0.825. The molecule has 0 aliphatic carbocycles. The van der Waals surface area contributed by atoms with Gasteiger partial charge < -0.3 is 15.1 Å². The Kier molecular flexibility index (Phi) is 2.59. The first kappa shape index (κ1) is 11.3. The lowest BCUT2D eigenvalue weighted by molar-refractivity contribution is -0.121. The summed E-state index contributed by atoms with van der Waals surface area (Å²) in [6, 6.07) is 1.73. The van der Waals surface area contributed by atoms with Gasteiger partial charge in [-0.25, -0.2) is 4.98 Å². The number of rotatable bonds is 2. The molecule has 1 fully saturated rings. The number of anilines is 1. The highest BCUT2D eigenvalue weighted by molar-refractivity contribution is 6.28. The van der Waals surface area contributed by atoms with Crippen molar-refractivity contribution >= 4 is 34.4 Å². The number of amides is 1. The molecule has 1 atom stereocenters. The number of halogens is 1. The zero-order valence-corrected chi connectivity index (χ0v) is 10.2. The molecular weight excluding hydrogens is 256 g/mol. The van der Waals surface area contributed by atoms with Gasteiger partial charge in [0.25, 0.3) is 0 Å². The molecule has 18 heavy (non-hydrogen) atoms. The van der Waals surface area contributed by atoms with Crippen LogP contribution in [0.2, 0.25) is 5.28 Å². The molecule has 3 heterocycles. The summed E-state index contributed by atoms with van der Waals surface area (Å²) in [4.78, 5) is 21.4. The molecule has 0 radical (unpaired) electrons. The molecule has 1 unspecified atom stereocenters. The van der Waals surface area contributed by atoms with Gasteiger partial charge in [-0.15, -0.1) is 0 Å². The first-order chi connectivity index (χ1) is 8.65. The van der Waals surface area contributed by atoms with Crippen LogP contribution in [0.15, 0.2) is 16.7 Å². The highest BCUT2D eigenvalue weighted by atomic mass is 35.5. The second-order valence-corrected chi connectivity index (χ2v) is 4.62. The average Bonchev–Trinajstić information content (AvgIpc) is 2.95. The number of nitrogens with zero attached hydrogens (tertiary/aromatic N) is 3. The van der Waals surface area contributed by atoms with E-state index in [2.05, 4.69) is 9.97 Å². The smallest absolute Gasteiger partial charge is 0.225 e. The molecule has 2 aromatic rings. The number of hydrogen-bond donors (Lipinski definition) is 1. The predicted molar refractivity (Wildman–Crippen MR) is 66.3 cm³/mol. The fourth-order valence-corrected chi connectivity index (χ4v) is 2.39. The normalized spacial score (nSPS) is 19.6. The van der Waals surface area contributed by atoms with Crippen LogP contribution in [0.5, 0.6) is 0 Å². The molecule has 1 amide bonds. The minimum absolute atomic E-state index is 0.149. The van der Waals surface area contributed by atoms with Gasteiger partial charge in [0.05, 0.1) is 12.2 Å². The SMILES string of the molecule is NC(=O)C1CCN(c2nc(Cl)nc3ccoc23)C1. The molecule has 1 saturated heterocycles. The first-order valence-electron chi connectivity index (χ1n) is 5.60. The maximum absolute atomic E-state index is 11.2. The van der Waals surface area contributed by atoms with E-state index in [4.69, 9.17) is 21.8 Å². The topological polar surface area (TPSA) is 85.3 Å². The molecule has 0 saturated carbocycles. The number of aromatic nitrogens is 2. The zero-order valence-electron chi connectivity index (χ0n) is 9.47. The molecule has 0 aromatic carbocycles. The Morgan fingerprint density at radius 3 is 3.11 bits per heavy atom. The van der Waals surface area contributed by atoms with Crippen molar-refractivity contribution in [3.05, 3.63) is 17.6 Å². The zero-order chi connectivity index (χ0) is 12.7. The molecule has 1 aliphatic heterocycles. The molecule has 3 rings (SSSR count). The minimum atomic E-state index is -0.284. The molecule has 7 heteroatoms. The minimum Gasteiger partial charge on any atom is -0.459 e. The van der Waals surface area contributed by atoms with Crippen molar-refractivity contribution in [2.24, 2.45) is 11.7 Å². The number of furan rings is 1. The lowest BCUT2D eigenvalue weighted by Gasteiger charge is -2.16. The summed E-state index contributed by atoms with van der Waals surface area (Å²) in [5.74, 6) is 0.191. The predicted octanol–water partition coefficient (Wildman–Crippen LogP) is 1.19. The summed E-state index contributed by atoms with van der Waals surface area (Å²) < 4.78 is 5.37. The van der Waals surface area contributed by atoms with Crippen LogP contribution in [0, 0.1) is 5.92 Å². The van der Waals surface area contributed by atoms with Crippen LogP contribution in [0.4, 0.5) is 5.82 Å². The van der Waals surface area contributed by atoms with E-state index in [0.717, 1.165) is 6.42 Å². The fraction of sp³-hybridized carbons (Fsp3) is 0.364. The van der Waals surface area contributed by atoms with Crippen LogP contribution in [-0.4, -0.2) is 29.0 Å². The lowest BCUT2D eigenvalue weighted by Crippen LogP contribution is -2.27. The third kappa shape index (κ3) is 1.78. The number of nitrogens with two attached hydrogens (primary N) is 1. The number of primary amides is 1. The van der Waals surface area contributed by atoms with Crippen molar-refractivity contribution in [3.63, 3.8) is 0 Å². The van der Waals surface area contributed by atoms with E-state index in [-0.39, 0.29) is 17.1 Å². The van der Waals surface area contributed by atoms with Crippen LogP contribution in [0.3, 0.4) is 0 Å². The Morgan fingerprint density at radius 1 is 1.56 bits per heavy atom. The largest absolute Gasteiger partial charge is 0.459 e. The van der Waals surface area contributed by atoms with Gasteiger partial charge in [0.15, 0.2) is 11.4 Å². The average molecular weight is 267 g/mol. The molecular formula is C11H11ClN4O2. The standard InChI is InChI=1S/C11H11ClN4O2/c12-11-14-7-2-4-18-8(7)10(15-11)16-3-1-6(5-16)9(13)17/h2,4,6H,1,3,5H2,(H2,13,17). The fourth-order valence-electron chi connectivity index (χ4n) is 2.22. The van der Waals surface area contributed by atoms with Gasteiger partial charge in [0.2, 0.25) is 11.2 Å². The van der Waals surface area contributed by atoms with Crippen molar-refractivity contribution in [1.82, 2.24) is 9.97 Å². The summed E-state index contributed by atoms with van der Waals surface area (Å²) >= 11 is 5.88. The molecule has 1 aliphatic rings. The maximum atomic E-state index is 11.2. The van der Waals surface area contributed by atoms with Gasteiger partial charge in [-0.3, -0.25) is 4.79 Å². The molecule has 2 N–H and O–H groups in total. The second-order valence-electron chi connectivity index (χ2n) is 4.29. The number of carbonyl (C=O) groups excluding carboxylic acids is 1. The maximum Gasteiger partial charge on any atom is 0.225 e. The Labute approximate surface area is 108 Å². The molecule has 94 valence electrons. The van der Waals surface area contributed by atoms with Crippen molar-refractivity contribution in [1.29, 1.82) is 0 Å². The van der Waals surface area contributed by atoms with Crippen LogP contribution in [0.25, 0.3) is 11.1 Å². The highest BCUT2D eigenvalue weighted by Gasteiger charge is 2.29. The van der Waals surface area contributed by atoms with Gasteiger partial charge in [0.1, 0.15) is 5.52 Å². The summed E-state index contributed by atoms with van der Waals surface area (Å²) in [7, 11) is 0. The molecule has 2 aromatic heterocycles. The van der Waals surface area contributed by atoms with Gasteiger partial charge in [0, 0.05) is 19.2 Å². The van der Waals surface area contributed by atoms with Gasteiger partial charge in [-0.2, -0.15) is 4.98 Å². The summed E-state index contributed by atoms with van der Waals surface area (Å²) in [6.45, 7) is 1.25. The van der Waals surface area contributed by atoms with Crippen molar-refractivity contribution < 1.29 is 9.21 Å². The molecule has 0 spiro atoms. The lowest BCUT2D eigenvalue weighted by atomic mass is 10.1. The summed E-state index contributed by atoms with van der Waals surface area (Å²) in [5, 5.41) is 0.168. The van der Waals surface area contributed by atoms with Crippen molar-refractivity contribution in [2.75, 3.05) is 18.0 Å². The van der Waals surface area contributed by atoms with Crippen LogP contribution < -0.4 is 10.6 Å². The summed E-state index contributed by atoms with van der Waals surface area (Å²) in [6.07, 6.45) is 2.26. The Bertz CT molecular complexity index is 612. The van der Waals surface area contributed by atoms with Gasteiger partial charge in [-0.05, 0) is 18.0 Å². The van der Waals surface area contributed by atoms with E-state index >= 15 is 0 Å². The van der Waals surface area contributed by atoms with E-state index in [9.17, 15) is 4.79 Å². The van der Waals surface area contributed by atoms with E-state index in [1.54, 1.807) is 12.3 Å². The number of fused-ring (bicyclic) bond motifs is 1. The third-order valence-electron chi connectivity index (χ3n) is 3.15. The Balaban J connectivity index is 1.99. The monoisotopic (exact) mass is 266 g/mol. The van der Waals surface area contributed by atoms with Gasteiger partial charge in [-0.1, -0.05) is 0 Å². The van der Waals surface area contributed by atoms with Crippen LogP contribution in [0.1, 0.15) is 6.42 Å². The van der Waals surface area contributed by atoms with E-state index < -0.39 is 0 Å². The molecule has 6 nitrogen and oxygen atoms in total. The second kappa shape index (κ2) is 4.13. The third-order valence-corrected chi connectivity index (χ3v) is 3.32. The van der Waals surface area contributed by atoms with E-state index in [0.29, 0.717) is 30.0 Å². The van der Waals surface area contributed by atoms with Crippen molar-refractivity contribution in [3.8, 4) is 0 Å². The molecule has 0 bridgehead atoms. The van der Waals surface area contributed by atoms with Gasteiger partial charge >= 0.3 is 0 Å². The van der Waals surface area contributed by atoms with E-state index in [1.807, 2.05) is 4.90 Å². The van der Waals surface area contributed by atoms with E-state index in [1.165, 1.54) is 0 Å². The Morgan fingerprint density at radius 2 is 2.39 bits per heavy atom. The number of carbonyl (C=O) groups is 1. The highest BCUT2D eigenvalue weighted by Crippen LogP contribution is 2.30. The first-order valence-corrected chi connectivity index (χ1v) is 5.98. The van der Waals surface area contributed by atoms with Crippen molar-refractivity contribution in [2.45, 2.75) is 6.42 Å². The Hall–Kier alpha value is -1.82. The number of hydrogen-bond acceptors (Lipinski definition) is 5. The van der Waals surface area contributed by atoms with Crippen LogP contribution >= 0.6 is 11.6 Å². The summed E-state index contributed by atoms with van der Waals surface area (Å²) in [5.41, 5.74) is 6.56.